The van der Waals surface area contributed by atoms with Crippen LogP contribution in [0.15, 0.2) is 0 Å². The highest BCUT2D eigenvalue weighted by Crippen LogP contribution is 2.12. The summed E-state index contributed by atoms with van der Waals surface area (Å²) in [5.74, 6) is 2.18. The van der Waals surface area contributed by atoms with E-state index in [4.69, 9.17) is 12.2 Å². The molecule has 86 valence electrons. The van der Waals surface area contributed by atoms with Gasteiger partial charge in [0.1, 0.15) is 0 Å². The molecule has 0 bridgehead atoms. The Balaban J connectivity index is 2.73. The molecule has 0 radical (unpaired) electrons. The molecule has 0 saturated carbocycles. The van der Waals surface area contributed by atoms with Gasteiger partial charge in [-0.2, -0.15) is 5.10 Å². The van der Waals surface area contributed by atoms with Crippen molar-refractivity contribution in [1.29, 1.82) is 0 Å². The maximum Gasteiger partial charge on any atom is 0.274 e. The van der Waals surface area contributed by atoms with E-state index in [2.05, 4.69) is 21.4 Å². The maximum absolute atomic E-state index is 11.8. The molecule has 1 heterocycles. The SMILES string of the molecule is C#CC(CCC)NC(=O)c1n[nH]c(C)c1N. The number of terminal acetylenes is 1. The van der Waals surface area contributed by atoms with Crippen LogP contribution in [0, 0.1) is 19.3 Å². The number of nitrogens with zero attached hydrogens (tertiary/aromatic N) is 1. The van der Waals surface area contributed by atoms with Crippen LogP contribution >= 0.6 is 0 Å². The Bertz CT molecular complexity index is 416. The van der Waals surface area contributed by atoms with Crippen molar-refractivity contribution in [2.75, 3.05) is 5.73 Å². The van der Waals surface area contributed by atoms with Crippen molar-refractivity contribution in [3.8, 4) is 12.3 Å². The molecule has 5 heteroatoms. The van der Waals surface area contributed by atoms with E-state index in [1.54, 1.807) is 6.92 Å². The molecule has 0 aromatic carbocycles. The van der Waals surface area contributed by atoms with Crippen LogP contribution in [-0.2, 0) is 0 Å². The quantitative estimate of drug-likeness (QED) is 0.657. The van der Waals surface area contributed by atoms with Crippen LogP contribution in [-0.4, -0.2) is 22.1 Å². The van der Waals surface area contributed by atoms with Gasteiger partial charge in [-0.05, 0) is 13.3 Å². The van der Waals surface area contributed by atoms with E-state index in [0.717, 1.165) is 12.8 Å². The Kier molecular flexibility index (Phi) is 3.95. The molecule has 1 unspecified atom stereocenters. The van der Waals surface area contributed by atoms with Crippen molar-refractivity contribution in [1.82, 2.24) is 15.5 Å². The zero-order valence-electron chi connectivity index (χ0n) is 9.50. The third-order valence-corrected chi connectivity index (χ3v) is 2.29. The molecular formula is C11H16N4O. The molecule has 0 spiro atoms. The van der Waals surface area contributed by atoms with Gasteiger partial charge in [-0.3, -0.25) is 9.89 Å². The smallest absolute Gasteiger partial charge is 0.274 e. The minimum absolute atomic E-state index is 0.203. The van der Waals surface area contributed by atoms with Crippen LogP contribution in [0.5, 0.6) is 0 Å². The molecule has 0 aliphatic heterocycles. The fourth-order valence-corrected chi connectivity index (χ4v) is 1.32. The first kappa shape index (κ1) is 12.1. The number of carbonyl (C=O) groups excluding carboxylic acids is 1. The topological polar surface area (TPSA) is 83.8 Å². The van der Waals surface area contributed by atoms with Crippen molar-refractivity contribution in [2.45, 2.75) is 32.7 Å². The lowest BCUT2D eigenvalue weighted by atomic mass is 10.1. The molecule has 0 aliphatic carbocycles. The second-order valence-corrected chi connectivity index (χ2v) is 3.59. The monoisotopic (exact) mass is 220 g/mol. The highest BCUT2D eigenvalue weighted by molar-refractivity contribution is 5.97. The third-order valence-electron chi connectivity index (χ3n) is 2.29. The number of nitrogens with two attached hydrogens (primary N) is 1. The summed E-state index contributed by atoms with van der Waals surface area (Å²) in [6, 6.07) is -0.270. The first-order valence-electron chi connectivity index (χ1n) is 5.17. The average Bonchev–Trinajstić information content (AvgIpc) is 2.59. The number of anilines is 1. The summed E-state index contributed by atoms with van der Waals surface area (Å²) in [5.41, 5.74) is 6.94. The Labute approximate surface area is 94.8 Å². The second kappa shape index (κ2) is 5.21. The number of hydrogen-bond acceptors (Lipinski definition) is 3. The lowest BCUT2D eigenvalue weighted by Crippen LogP contribution is -2.34. The molecule has 1 aromatic rings. The van der Waals surface area contributed by atoms with Gasteiger partial charge in [-0.1, -0.05) is 19.3 Å². The molecule has 0 aliphatic rings. The molecule has 0 fully saturated rings. The first-order chi connectivity index (χ1) is 7.60. The molecule has 5 nitrogen and oxygen atoms in total. The number of amides is 1. The van der Waals surface area contributed by atoms with Gasteiger partial charge in [0.05, 0.1) is 17.4 Å². The van der Waals surface area contributed by atoms with Gasteiger partial charge in [-0.15, -0.1) is 6.42 Å². The number of aromatic nitrogens is 2. The van der Waals surface area contributed by atoms with Crippen molar-refractivity contribution in [3.63, 3.8) is 0 Å². The zero-order valence-corrected chi connectivity index (χ0v) is 9.50. The summed E-state index contributed by atoms with van der Waals surface area (Å²) in [4.78, 5) is 11.8. The van der Waals surface area contributed by atoms with Gasteiger partial charge in [0.25, 0.3) is 5.91 Å². The van der Waals surface area contributed by atoms with Crippen LogP contribution in [0.3, 0.4) is 0 Å². The predicted octanol–water partition coefficient (Wildman–Crippen LogP) is 0.832. The number of hydrogen-bond donors (Lipinski definition) is 3. The summed E-state index contributed by atoms with van der Waals surface area (Å²) in [7, 11) is 0. The van der Waals surface area contributed by atoms with Crippen LogP contribution < -0.4 is 11.1 Å². The number of aromatic amines is 1. The van der Waals surface area contributed by atoms with E-state index in [-0.39, 0.29) is 17.6 Å². The van der Waals surface area contributed by atoms with Gasteiger partial charge in [0, 0.05) is 0 Å². The number of nitrogen functional groups attached to an aromatic ring is 1. The highest BCUT2D eigenvalue weighted by Gasteiger charge is 2.17. The van der Waals surface area contributed by atoms with Crippen LogP contribution in [0.1, 0.15) is 35.9 Å². The highest BCUT2D eigenvalue weighted by atomic mass is 16.2. The predicted molar refractivity (Wildman–Crippen MR) is 62.7 cm³/mol. The minimum Gasteiger partial charge on any atom is -0.395 e. The first-order valence-corrected chi connectivity index (χ1v) is 5.17. The summed E-state index contributed by atoms with van der Waals surface area (Å²) in [6.07, 6.45) is 6.95. The normalized spacial score (nSPS) is 11.8. The molecule has 1 rings (SSSR count). The van der Waals surface area contributed by atoms with Crippen molar-refractivity contribution < 1.29 is 4.79 Å². The molecule has 1 aromatic heterocycles. The van der Waals surface area contributed by atoms with Crippen molar-refractivity contribution in [2.24, 2.45) is 0 Å². The average molecular weight is 220 g/mol. The van der Waals surface area contributed by atoms with Gasteiger partial charge in [0.15, 0.2) is 5.69 Å². The van der Waals surface area contributed by atoms with E-state index in [9.17, 15) is 4.79 Å². The fourth-order valence-electron chi connectivity index (χ4n) is 1.32. The van der Waals surface area contributed by atoms with Crippen molar-refractivity contribution >= 4 is 11.6 Å². The molecular weight excluding hydrogens is 204 g/mol. The van der Waals surface area contributed by atoms with Gasteiger partial charge >= 0.3 is 0 Å². The lowest BCUT2D eigenvalue weighted by Gasteiger charge is -2.10. The number of H-pyrrole nitrogens is 1. The Morgan fingerprint density at radius 2 is 2.44 bits per heavy atom. The van der Waals surface area contributed by atoms with Crippen molar-refractivity contribution in [3.05, 3.63) is 11.4 Å². The Morgan fingerprint density at radius 1 is 1.75 bits per heavy atom. The number of rotatable bonds is 4. The zero-order chi connectivity index (χ0) is 12.1. The number of aryl methyl sites for hydroxylation is 1. The number of carbonyl (C=O) groups is 1. The van der Waals surface area contributed by atoms with E-state index < -0.39 is 0 Å². The van der Waals surface area contributed by atoms with Crippen LogP contribution in [0.2, 0.25) is 0 Å². The standard InChI is InChI=1S/C11H16N4O/c1-4-6-8(5-2)13-11(16)10-9(12)7(3)14-15-10/h2,8H,4,6,12H2,1,3H3,(H,13,16)(H,14,15). The fraction of sp³-hybridized carbons (Fsp3) is 0.455. The van der Waals surface area contributed by atoms with Gasteiger partial charge < -0.3 is 11.1 Å². The summed E-state index contributed by atoms with van der Waals surface area (Å²) in [5, 5.41) is 9.19. The molecule has 0 saturated heterocycles. The number of nitrogens with one attached hydrogen (secondary N) is 2. The minimum atomic E-state index is -0.335. The van der Waals surface area contributed by atoms with E-state index >= 15 is 0 Å². The Morgan fingerprint density at radius 3 is 2.88 bits per heavy atom. The maximum atomic E-state index is 11.8. The van der Waals surface area contributed by atoms with E-state index in [1.807, 2.05) is 6.92 Å². The molecule has 1 amide bonds. The van der Waals surface area contributed by atoms with E-state index in [1.165, 1.54) is 0 Å². The largest absolute Gasteiger partial charge is 0.395 e. The van der Waals surface area contributed by atoms with Crippen LogP contribution in [0.25, 0.3) is 0 Å². The molecule has 1 atom stereocenters. The lowest BCUT2D eigenvalue weighted by molar-refractivity contribution is 0.0940. The van der Waals surface area contributed by atoms with Crippen LogP contribution in [0.4, 0.5) is 5.69 Å². The summed E-state index contributed by atoms with van der Waals surface area (Å²) < 4.78 is 0. The Hall–Kier alpha value is -1.96. The van der Waals surface area contributed by atoms with Gasteiger partial charge in [-0.25, -0.2) is 0 Å². The second-order valence-electron chi connectivity index (χ2n) is 3.59. The molecule has 4 N–H and O–H groups in total. The summed E-state index contributed by atoms with van der Waals surface area (Å²) in [6.45, 7) is 3.76. The third kappa shape index (κ3) is 2.54. The van der Waals surface area contributed by atoms with E-state index in [0.29, 0.717) is 11.4 Å². The molecule has 16 heavy (non-hydrogen) atoms. The van der Waals surface area contributed by atoms with Gasteiger partial charge in [0.2, 0.25) is 0 Å². The summed E-state index contributed by atoms with van der Waals surface area (Å²) >= 11 is 0.